The van der Waals surface area contributed by atoms with Crippen LogP contribution >= 0.6 is 0 Å². The molecule has 1 aliphatic heterocycles. The van der Waals surface area contributed by atoms with Crippen molar-refractivity contribution in [1.29, 1.82) is 0 Å². The van der Waals surface area contributed by atoms with E-state index in [4.69, 9.17) is 10.8 Å². The van der Waals surface area contributed by atoms with Crippen LogP contribution in [0.5, 0.6) is 0 Å². The highest BCUT2D eigenvalue weighted by molar-refractivity contribution is 5.82. The SMILES string of the molecule is NC(=O)C1CCC(C(=O)O)N1. The summed E-state index contributed by atoms with van der Waals surface area (Å²) in [5.74, 6) is -1.40. The predicted molar refractivity (Wildman–Crippen MR) is 36.8 cm³/mol. The van der Waals surface area contributed by atoms with E-state index in [-0.39, 0.29) is 0 Å². The van der Waals surface area contributed by atoms with Gasteiger partial charge in [-0.3, -0.25) is 14.9 Å². The van der Waals surface area contributed by atoms with Crippen LogP contribution in [-0.2, 0) is 9.59 Å². The average Bonchev–Trinajstić information content (AvgIpc) is 2.33. The standard InChI is InChI=1S/C6H10N2O3/c7-5(9)3-1-2-4(8-3)6(10)11/h3-4,8H,1-2H2,(H2,7,9)(H,10,11). The number of amides is 1. The fourth-order valence-electron chi connectivity index (χ4n) is 1.16. The summed E-state index contributed by atoms with van der Waals surface area (Å²) in [5, 5.41) is 11.1. The van der Waals surface area contributed by atoms with E-state index in [1.165, 1.54) is 0 Å². The first-order valence-corrected chi connectivity index (χ1v) is 3.39. The molecule has 2 atom stereocenters. The predicted octanol–water partition coefficient (Wildman–Crippen LogP) is -1.32. The van der Waals surface area contributed by atoms with E-state index in [0.29, 0.717) is 12.8 Å². The molecule has 0 saturated carbocycles. The van der Waals surface area contributed by atoms with Crippen LogP contribution in [0.2, 0.25) is 0 Å². The van der Waals surface area contributed by atoms with Gasteiger partial charge >= 0.3 is 5.97 Å². The molecule has 0 radical (unpaired) electrons. The van der Waals surface area contributed by atoms with Crippen LogP contribution in [0.3, 0.4) is 0 Å². The molecule has 5 heteroatoms. The van der Waals surface area contributed by atoms with Crippen LogP contribution in [0.25, 0.3) is 0 Å². The number of nitrogens with one attached hydrogen (secondary N) is 1. The van der Waals surface area contributed by atoms with Crippen LogP contribution in [0, 0.1) is 0 Å². The third-order valence-electron chi connectivity index (χ3n) is 1.79. The van der Waals surface area contributed by atoms with Crippen molar-refractivity contribution in [3.63, 3.8) is 0 Å². The molecule has 11 heavy (non-hydrogen) atoms. The molecule has 0 bridgehead atoms. The molecule has 0 spiro atoms. The molecule has 1 aliphatic rings. The van der Waals surface area contributed by atoms with Gasteiger partial charge in [-0.1, -0.05) is 0 Å². The first-order chi connectivity index (χ1) is 5.11. The van der Waals surface area contributed by atoms with Crippen molar-refractivity contribution in [3.8, 4) is 0 Å². The van der Waals surface area contributed by atoms with E-state index in [1.54, 1.807) is 0 Å². The minimum absolute atomic E-state index is 0.462. The highest BCUT2D eigenvalue weighted by atomic mass is 16.4. The van der Waals surface area contributed by atoms with Crippen LogP contribution < -0.4 is 11.1 Å². The van der Waals surface area contributed by atoms with E-state index in [1.807, 2.05) is 0 Å². The van der Waals surface area contributed by atoms with Gasteiger partial charge in [-0.05, 0) is 12.8 Å². The maximum absolute atomic E-state index is 10.5. The normalized spacial score (nSPS) is 30.2. The Bertz CT molecular complexity index is 172. The molecule has 4 N–H and O–H groups in total. The number of primary amides is 1. The largest absolute Gasteiger partial charge is 0.480 e. The van der Waals surface area contributed by atoms with Gasteiger partial charge in [-0.15, -0.1) is 0 Å². The van der Waals surface area contributed by atoms with Gasteiger partial charge in [0, 0.05) is 0 Å². The Morgan fingerprint density at radius 1 is 1.36 bits per heavy atom. The van der Waals surface area contributed by atoms with Crippen molar-refractivity contribution in [2.24, 2.45) is 5.73 Å². The fraction of sp³-hybridized carbons (Fsp3) is 0.667. The molecular formula is C6H10N2O3. The Morgan fingerprint density at radius 3 is 2.18 bits per heavy atom. The topological polar surface area (TPSA) is 92.4 Å². The monoisotopic (exact) mass is 158 g/mol. The quantitative estimate of drug-likeness (QED) is 0.464. The zero-order chi connectivity index (χ0) is 8.43. The summed E-state index contributed by atoms with van der Waals surface area (Å²) in [4.78, 5) is 20.9. The minimum Gasteiger partial charge on any atom is -0.480 e. The number of carboxylic acid groups (broad SMARTS) is 1. The van der Waals surface area contributed by atoms with Crippen molar-refractivity contribution in [3.05, 3.63) is 0 Å². The number of rotatable bonds is 2. The second-order valence-electron chi connectivity index (χ2n) is 2.59. The summed E-state index contributed by atoms with van der Waals surface area (Å²) in [7, 11) is 0. The maximum Gasteiger partial charge on any atom is 0.320 e. The lowest BCUT2D eigenvalue weighted by Gasteiger charge is -2.06. The van der Waals surface area contributed by atoms with Crippen LogP contribution in [0.15, 0.2) is 0 Å². The summed E-state index contributed by atoms with van der Waals surface area (Å²) in [6.07, 6.45) is 0.995. The van der Waals surface area contributed by atoms with Crippen molar-refractivity contribution in [1.82, 2.24) is 5.32 Å². The van der Waals surface area contributed by atoms with Crippen molar-refractivity contribution in [2.75, 3.05) is 0 Å². The van der Waals surface area contributed by atoms with Crippen molar-refractivity contribution in [2.45, 2.75) is 24.9 Å². The molecule has 0 aromatic rings. The number of aliphatic carboxylic acids is 1. The van der Waals surface area contributed by atoms with Gasteiger partial charge in [0.2, 0.25) is 5.91 Å². The molecule has 0 aromatic carbocycles. The van der Waals surface area contributed by atoms with E-state index >= 15 is 0 Å². The number of hydrogen-bond acceptors (Lipinski definition) is 3. The lowest BCUT2D eigenvalue weighted by atomic mass is 10.2. The van der Waals surface area contributed by atoms with Gasteiger partial charge < -0.3 is 10.8 Å². The molecule has 1 fully saturated rings. The third-order valence-corrected chi connectivity index (χ3v) is 1.79. The van der Waals surface area contributed by atoms with Crippen LogP contribution in [-0.4, -0.2) is 29.1 Å². The molecule has 2 unspecified atom stereocenters. The molecule has 1 saturated heterocycles. The Labute approximate surface area is 63.6 Å². The highest BCUT2D eigenvalue weighted by Gasteiger charge is 2.31. The van der Waals surface area contributed by atoms with Gasteiger partial charge in [0.05, 0.1) is 6.04 Å². The summed E-state index contributed by atoms with van der Waals surface area (Å²) in [6.45, 7) is 0. The summed E-state index contributed by atoms with van der Waals surface area (Å²) < 4.78 is 0. The fourth-order valence-corrected chi connectivity index (χ4v) is 1.16. The molecule has 62 valence electrons. The highest BCUT2D eigenvalue weighted by Crippen LogP contribution is 2.11. The molecule has 0 aliphatic carbocycles. The van der Waals surface area contributed by atoms with Gasteiger partial charge in [0.15, 0.2) is 0 Å². The Kier molecular flexibility index (Phi) is 2.09. The lowest BCUT2D eigenvalue weighted by Crippen LogP contribution is -2.42. The van der Waals surface area contributed by atoms with Crippen LogP contribution in [0.1, 0.15) is 12.8 Å². The average molecular weight is 158 g/mol. The van der Waals surface area contributed by atoms with E-state index < -0.39 is 24.0 Å². The molecule has 1 rings (SSSR count). The van der Waals surface area contributed by atoms with E-state index in [2.05, 4.69) is 5.32 Å². The zero-order valence-electron chi connectivity index (χ0n) is 5.91. The van der Waals surface area contributed by atoms with Gasteiger partial charge in [-0.2, -0.15) is 0 Å². The Balaban J connectivity index is 2.47. The van der Waals surface area contributed by atoms with Gasteiger partial charge in [0.1, 0.15) is 6.04 Å². The van der Waals surface area contributed by atoms with E-state index in [0.717, 1.165) is 0 Å². The summed E-state index contributed by atoms with van der Waals surface area (Å²) in [6, 6.07) is -1.07. The second kappa shape index (κ2) is 2.87. The third kappa shape index (κ3) is 1.68. The molecular weight excluding hydrogens is 148 g/mol. The zero-order valence-corrected chi connectivity index (χ0v) is 5.91. The number of nitrogens with two attached hydrogens (primary N) is 1. The number of carbonyl (C=O) groups excluding carboxylic acids is 1. The number of carboxylic acids is 1. The Morgan fingerprint density at radius 2 is 1.91 bits per heavy atom. The smallest absolute Gasteiger partial charge is 0.320 e. The number of carbonyl (C=O) groups is 2. The molecule has 5 nitrogen and oxygen atoms in total. The molecule has 0 aromatic heterocycles. The Hall–Kier alpha value is -1.10. The second-order valence-corrected chi connectivity index (χ2v) is 2.59. The van der Waals surface area contributed by atoms with Crippen LogP contribution in [0.4, 0.5) is 0 Å². The van der Waals surface area contributed by atoms with E-state index in [9.17, 15) is 9.59 Å². The first-order valence-electron chi connectivity index (χ1n) is 3.39. The summed E-state index contributed by atoms with van der Waals surface area (Å²) >= 11 is 0. The molecule has 1 amide bonds. The number of hydrogen-bond donors (Lipinski definition) is 3. The minimum atomic E-state index is -0.922. The van der Waals surface area contributed by atoms with Gasteiger partial charge in [0.25, 0.3) is 0 Å². The summed E-state index contributed by atoms with van der Waals surface area (Å²) in [5.41, 5.74) is 4.97. The van der Waals surface area contributed by atoms with Crippen molar-refractivity contribution < 1.29 is 14.7 Å². The van der Waals surface area contributed by atoms with Gasteiger partial charge in [-0.25, -0.2) is 0 Å². The van der Waals surface area contributed by atoms with Crippen molar-refractivity contribution >= 4 is 11.9 Å². The maximum atomic E-state index is 10.5. The first kappa shape index (κ1) is 8.00. The lowest BCUT2D eigenvalue weighted by molar-refractivity contribution is -0.139. The molecule has 1 heterocycles.